The molecule has 1 saturated heterocycles. The van der Waals surface area contributed by atoms with E-state index in [0.717, 1.165) is 6.54 Å². The Morgan fingerprint density at radius 3 is 2.15 bits per heavy atom. The van der Waals surface area contributed by atoms with Gasteiger partial charge < -0.3 is 10.1 Å². The first-order valence-electron chi connectivity index (χ1n) is 9.16. The maximum absolute atomic E-state index is 6.04. The molecule has 0 amide bonds. The first kappa shape index (κ1) is 18.0. The largest absolute Gasteiger partial charge is 0.374 e. The van der Waals surface area contributed by atoms with Crippen LogP contribution in [0, 0.1) is 0 Å². The molecule has 0 aliphatic carbocycles. The SMILES string of the molecule is CCCCCCCCCCC(NCC)C1CCC(C)O1. The Bertz CT molecular complexity index is 219. The van der Waals surface area contributed by atoms with Gasteiger partial charge in [-0.1, -0.05) is 65.2 Å². The van der Waals surface area contributed by atoms with E-state index >= 15 is 0 Å². The molecule has 0 aromatic rings. The van der Waals surface area contributed by atoms with E-state index in [0.29, 0.717) is 18.2 Å². The zero-order chi connectivity index (χ0) is 14.6. The van der Waals surface area contributed by atoms with Crippen LogP contribution in [-0.2, 0) is 4.74 Å². The molecule has 1 aliphatic rings. The predicted molar refractivity (Wildman–Crippen MR) is 88.3 cm³/mol. The van der Waals surface area contributed by atoms with Gasteiger partial charge in [0.15, 0.2) is 0 Å². The monoisotopic (exact) mass is 283 g/mol. The maximum atomic E-state index is 6.04. The summed E-state index contributed by atoms with van der Waals surface area (Å²) in [6, 6.07) is 0.588. The number of hydrogen-bond donors (Lipinski definition) is 1. The molecule has 0 radical (unpaired) electrons. The van der Waals surface area contributed by atoms with Crippen molar-refractivity contribution < 1.29 is 4.74 Å². The second kappa shape index (κ2) is 11.6. The number of likely N-dealkylation sites (N-methyl/N-ethyl adjacent to an activating group) is 1. The van der Waals surface area contributed by atoms with Gasteiger partial charge in [-0.15, -0.1) is 0 Å². The Kier molecular flexibility index (Phi) is 10.4. The molecule has 0 aromatic carbocycles. The number of ether oxygens (including phenoxy) is 1. The molecular weight excluding hydrogens is 246 g/mol. The average molecular weight is 284 g/mol. The summed E-state index contributed by atoms with van der Waals surface area (Å²) < 4.78 is 6.04. The quantitative estimate of drug-likeness (QED) is 0.505. The highest BCUT2D eigenvalue weighted by molar-refractivity contribution is 4.82. The summed E-state index contributed by atoms with van der Waals surface area (Å²) in [5.74, 6) is 0. The van der Waals surface area contributed by atoms with Gasteiger partial charge in [0.25, 0.3) is 0 Å². The lowest BCUT2D eigenvalue weighted by atomic mass is 9.99. The average Bonchev–Trinajstić information content (AvgIpc) is 2.87. The molecule has 3 atom stereocenters. The number of unbranched alkanes of at least 4 members (excludes halogenated alkanes) is 7. The van der Waals surface area contributed by atoms with Crippen LogP contribution in [0.2, 0.25) is 0 Å². The van der Waals surface area contributed by atoms with E-state index < -0.39 is 0 Å². The normalized spacial score (nSPS) is 24.1. The Labute approximate surface area is 127 Å². The minimum atomic E-state index is 0.467. The molecule has 1 fully saturated rings. The molecule has 1 aliphatic heterocycles. The second-order valence-electron chi connectivity index (χ2n) is 6.49. The van der Waals surface area contributed by atoms with E-state index in [9.17, 15) is 0 Å². The van der Waals surface area contributed by atoms with Crippen LogP contribution in [0.5, 0.6) is 0 Å². The van der Waals surface area contributed by atoms with Crippen molar-refractivity contribution in [1.29, 1.82) is 0 Å². The number of hydrogen-bond acceptors (Lipinski definition) is 2. The lowest BCUT2D eigenvalue weighted by Crippen LogP contribution is -2.39. The minimum absolute atomic E-state index is 0.467. The molecule has 0 spiro atoms. The Morgan fingerprint density at radius 2 is 1.60 bits per heavy atom. The molecule has 0 aromatic heterocycles. The van der Waals surface area contributed by atoms with Crippen LogP contribution < -0.4 is 5.32 Å². The Hall–Kier alpha value is -0.0800. The molecule has 0 saturated carbocycles. The summed E-state index contributed by atoms with van der Waals surface area (Å²) >= 11 is 0. The van der Waals surface area contributed by atoms with Gasteiger partial charge in [0.2, 0.25) is 0 Å². The standard InChI is InChI=1S/C18H37NO/c1-4-6-7-8-9-10-11-12-13-17(19-5-2)18-15-14-16(3)20-18/h16-19H,4-15H2,1-3H3. The third-order valence-corrected chi connectivity index (χ3v) is 4.55. The number of rotatable bonds is 12. The van der Waals surface area contributed by atoms with Gasteiger partial charge in [-0.05, 0) is 32.7 Å². The molecule has 0 bridgehead atoms. The zero-order valence-electron chi connectivity index (χ0n) is 14.1. The molecule has 2 heteroatoms. The lowest BCUT2D eigenvalue weighted by Gasteiger charge is -2.24. The lowest BCUT2D eigenvalue weighted by molar-refractivity contribution is 0.0298. The highest BCUT2D eigenvalue weighted by Gasteiger charge is 2.28. The van der Waals surface area contributed by atoms with Gasteiger partial charge >= 0.3 is 0 Å². The summed E-state index contributed by atoms with van der Waals surface area (Å²) in [6.07, 6.45) is 16.0. The van der Waals surface area contributed by atoms with E-state index in [-0.39, 0.29) is 0 Å². The highest BCUT2D eigenvalue weighted by Crippen LogP contribution is 2.24. The van der Waals surface area contributed by atoms with Crippen molar-refractivity contribution in [3.05, 3.63) is 0 Å². The molecule has 1 rings (SSSR count). The van der Waals surface area contributed by atoms with Crippen LogP contribution in [0.1, 0.15) is 91.4 Å². The zero-order valence-corrected chi connectivity index (χ0v) is 14.1. The second-order valence-corrected chi connectivity index (χ2v) is 6.49. The number of nitrogens with one attached hydrogen (secondary N) is 1. The van der Waals surface area contributed by atoms with Crippen molar-refractivity contribution in [2.24, 2.45) is 0 Å². The first-order chi connectivity index (χ1) is 9.77. The smallest absolute Gasteiger partial charge is 0.0732 e. The van der Waals surface area contributed by atoms with Gasteiger partial charge in [-0.25, -0.2) is 0 Å². The fraction of sp³-hybridized carbons (Fsp3) is 1.00. The third-order valence-electron chi connectivity index (χ3n) is 4.55. The third kappa shape index (κ3) is 7.64. The summed E-state index contributed by atoms with van der Waals surface area (Å²) in [5, 5.41) is 3.64. The van der Waals surface area contributed by atoms with Gasteiger partial charge in [-0.2, -0.15) is 0 Å². The van der Waals surface area contributed by atoms with Crippen molar-refractivity contribution in [2.45, 2.75) is 110 Å². The van der Waals surface area contributed by atoms with Gasteiger partial charge in [0.05, 0.1) is 12.2 Å². The van der Waals surface area contributed by atoms with E-state index in [4.69, 9.17) is 4.74 Å². The van der Waals surface area contributed by atoms with Crippen molar-refractivity contribution in [1.82, 2.24) is 5.32 Å². The van der Waals surface area contributed by atoms with E-state index in [2.05, 4.69) is 26.1 Å². The first-order valence-corrected chi connectivity index (χ1v) is 9.16. The van der Waals surface area contributed by atoms with Crippen LogP contribution in [0.25, 0.3) is 0 Å². The summed E-state index contributed by atoms with van der Waals surface area (Å²) in [5.41, 5.74) is 0. The Morgan fingerprint density at radius 1 is 0.950 bits per heavy atom. The van der Waals surface area contributed by atoms with Gasteiger partial charge in [0, 0.05) is 6.04 Å². The molecule has 20 heavy (non-hydrogen) atoms. The summed E-state index contributed by atoms with van der Waals surface area (Å²) in [7, 11) is 0. The van der Waals surface area contributed by atoms with Gasteiger partial charge in [0.1, 0.15) is 0 Å². The van der Waals surface area contributed by atoms with Crippen molar-refractivity contribution >= 4 is 0 Å². The topological polar surface area (TPSA) is 21.3 Å². The molecule has 3 unspecified atom stereocenters. The molecule has 1 heterocycles. The van der Waals surface area contributed by atoms with Crippen molar-refractivity contribution in [3.63, 3.8) is 0 Å². The van der Waals surface area contributed by atoms with Crippen LogP contribution in [-0.4, -0.2) is 24.8 Å². The van der Waals surface area contributed by atoms with E-state index in [1.807, 2.05) is 0 Å². The van der Waals surface area contributed by atoms with Crippen LogP contribution in [0.4, 0.5) is 0 Å². The summed E-state index contributed by atoms with van der Waals surface area (Å²) in [6.45, 7) is 7.77. The highest BCUT2D eigenvalue weighted by atomic mass is 16.5. The fourth-order valence-electron chi connectivity index (χ4n) is 3.31. The predicted octanol–water partition coefficient (Wildman–Crippen LogP) is 5.06. The van der Waals surface area contributed by atoms with Crippen LogP contribution in [0.15, 0.2) is 0 Å². The Balaban J connectivity index is 2.04. The maximum Gasteiger partial charge on any atom is 0.0732 e. The fourth-order valence-corrected chi connectivity index (χ4v) is 3.31. The van der Waals surface area contributed by atoms with Crippen molar-refractivity contribution in [2.75, 3.05) is 6.54 Å². The van der Waals surface area contributed by atoms with E-state index in [1.54, 1.807) is 0 Å². The molecule has 120 valence electrons. The minimum Gasteiger partial charge on any atom is -0.374 e. The van der Waals surface area contributed by atoms with Gasteiger partial charge in [-0.3, -0.25) is 0 Å². The van der Waals surface area contributed by atoms with E-state index in [1.165, 1.54) is 70.6 Å². The molecule has 2 nitrogen and oxygen atoms in total. The van der Waals surface area contributed by atoms with Crippen molar-refractivity contribution in [3.8, 4) is 0 Å². The molecular formula is C18H37NO. The van der Waals surface area contributed by atoms with Crippen LogP contribution >= 0.6 is 0 Å². The summed E-state index contributed by atoms with van der Waals surface area (Å²) in [4.78, 5) is 0. The molecule has 1 N–H and O–H groups in total. The van der Waals surface area contributed by atoms with Crippen LogP contribution in [0.3, 0.4) is 0 Å².